The first-order valence-electron chi connectivity index (χ1n) is 7.92. The molecule has 0 unspecified atom stereocenters. The number of alkyl halides is 3. The van der Waals surface area contributed by atoms with E-state index in [-0.39, 0.29) is 13.2 Å². The van der Waals surface area contributed by atoms with Crippen LogP contribution < -0.4 is 9.47 Å². The molecule has 0 aliphatic rings. The largest absolute Gasteiger partial charge is 0.490 e. The lowest BCUT2D eigenvalue weighted by Crippen LogP contribution is -2.09. The zero-order valence-corrected chi connectivity index (χ0v) is 13.7. The van der Waals surface area contributed by atoms with Gasteiger partial charge in [-0.1, -0.05) is 17.3 Å². The van der Waals surface area contributed by atoms with Crippen molar-refractivity contribution in [3.05, 3.63) is 77.7 Å². The van der Waals surface area contributed by atoms with Gasteiger partial charge in [-0.3, -0.25) is 0 Å². The molecule has 0 spiro atoms. The third kappa shape index (κ3) is 5.02. The molecule has 0 saturated heterocycles. The highest BCUT2D eigenvalue weighted by atomic mass is 19.4. The molecule has 0 amide bonds. The topological polar surface area (TPSA) is 44.5 Å². The van der Waals surface area contributed by atoms with E-state index in [1.807, 2.05) is 30.3 Å². The standard InChI is InChI=1S/C19H16F3NO3/c20-19(21,22)15-3-7-18(8-4-15)25-12-11-24-17-5-1-14(2-6-17)13-16-9-10-26-23-16/h1-10H,11-13H2. The third-order valence-electron chi connectivity index (χ3n) is 3.60. The van der Waals surface area contributed by atoms with Gasteiger partial charge in [0, 0.05) is 12.5 Å². The molecular formula is C19H16F3NO3. The van der Waals surface area contributed by atoms with Crippen molar-refractivity contribution in [3.63, 3.8) is 0 Å². The number of hydrogen-bond acceptors (Lipinski definition) is 4. The molecule has 4 nitrogen and oxygen atoms in total. The van der Waals surface area contributed by atoms with Crippen molar-refractivity contribution in [1.29, 1.82) is 0 Å². The number of nitrogens with zero attached hydrogens (tertiary/aromatic N) is 1. The molecular weight excluding hydrogens is 347 g/mol. The minimum atomic E-state index is -4.35. The van der Waals surface area contributed by atoms with E-state index < -0.39 is 11.7 Å². The number of hydrogen-bond donors (Lipinski definition) is 0. The van der Waals surface area contributed by atoms with Crippen molar-refractivity contribution in [2.45, 2.75) is 12.6 Å². The van der Waals surface area contributed by atoms with Crippen LogP contribution in [-0.4, -0.2) is 18.4 Å². The molecule has 1 aromatic heterocycles. The summed E-state index contributed by atoms with van der Waals surface area (Å²) in [7, 11) is 0. The molecule has 2 aromatic carbocycles. The molecule has 0 saturated carbocycles. The van der Waals surface area contributed by atoms with E-state index in [1.54, 1.807) is 0 Å². The van der Waals surface area contributed by atoms with Gasteiger partial charge in [-0.2, -0.15) is 13.2 Å². The highest BCUT2D eigenvalue weighted by molar-refractivity contribution is 5.30. The average molecular weight is 363 g/mol. The molecule has 0 atom stereocenters. The maximum atomic E-state index is 12.5. The quantitative estimate of drug-likeness (QED) is 0.569. The summed E-state index contributed by atoms with van der Waals surface area (Å²) < 4.78 is 53.2. The van der Waals surface area contributed by atoms with E-state index in [2.05, 4.69) is 5.16 Å². The highest BCUT2D eigenvalue weighted by Crippen LogP contribution is 2.30. The van der Waals surface area contributed by atoms with Crippen LogP contribution in [0.2, 0.25) is 0 Å². The number of rotatable bonds is 7. The van der Waals surface area contributed by atoms with E-state index in [9.17, 15) is 13.2 Å². The van der Waals surface area contributed by atoms with Gasteiger partial charge < -0.3 is 14.0 Å². The van der Waals surface area contributed by atoms with Crippen LogP contribution in [0.5, 0.6) is 11.5 Å². The normalized spacial score (nSPS) is 11.3. The minimum absolute atomic E-state index is 0.228. The Morgan fingerprint density at radius 1 is 0.808 bits per heavy atom. The van der Waals surface area contributed by atoms with Crippen LogP contribution in [0.3, 0.4) is 0 Å². The number of aromatic nitrogens is 1. The Morgan fingerprint density at radius 2 is 1.38 bits per heavy atom. The predicted octanol–water partition coefficient (Wildman–Crippen LogP) is 4.74. The van der Waals surface area contributed by atoms with Gasteiger partial charge in [0.15, 0.2) is 0 Å². The Balaban J connectivity index is 1.42. The van der Waals surface area contributed by atoms with Crippen LogP contribution in [0, 0.1) is 0 Å². The SMILES string of the molecule is FC(F)(F)c1ccc(OCCOc2ccc(Cc3ccon3)cc2)cc1. The zero-order valence-electron chi connectivity index (χ0n) is 13.7. The summed E-state index contributed by atoms with van der Waals surface area (Å²) in [5.74, 6) is 1.05. The second-order valence-corrected chi connectivity index (χ2v) is 5.53. The van der Waals surface area contributed by atoms with Gasteiger partial charge in [-0.05, 0) is 42.0 Å². The van der Waals surface area contributed by atoms with Crippen LogP contribution in [0.1, 0.15) is 16.8 Å². The number of halogens is 3. The fourth-order valence-electron chi connectivity index (χ4n) is 2.30. The van der Waals surface area contributed by atoms with Crippen LogP contribution in [0.4, 0.5) is 13.2 Å². The fraction of sp³-hybridized carbons (Fsp3) is 0.211. The molecule has 0 N–H and O–H groups in total. The molecule has 7 heteroatoms. The number of ether oxygens (including phenoxy) is 2. The maximum absolute atomic E-state index is 12.5. The van der Waals surface area contributed by atoms with E-state index in [0.717, 1.165) is 23.4 Å². The molecule has 0 fully saturated rings. The van der Waals surface area contributed by atoms with Gasteiger partial charge in [-0.15, -0.1) is 0 Å². The van der Waals surface area contributed by atoms with Crippen molar-refractivity contribution >= 4 is 0 Å². The second kappa shape index (κ2) is 7.95. The van der Waals surface area contributed by atoms with Crippen LogP contribution in [0.25, 0.3) is 0 Å². The van der Waals surface area contributed by atoms with Crippen LogP contribution in [0.15, 0.2) is 65.4 Å². The zero-order chi connectivity index (χ0) is 18.4. The van der Waals surface area contributed by atoms with Crippen molar-refractivity contribution in [3.8, 4) is 11.5 Å². The van der Waals surface area contributed by atoms with E-state index >= 15 is 0 Å². The highest BCUT2D eigenvalue weighted by Gasteiger charge is 2.29. The first kappa shape index (κ1) is 17.8. The van der Waals surface area contributed by atoms with Crippen LogP contribution in [-0.2, 0) is 12.6 Å². The smallest absolute Gasteiger partial charge is 0.416 e. The summed E-state index contributed by atoms with van der Waals surface area (Å²) in [4.78, 5) is 0. The predicted molar refractivity (Wildman–Crippen MR) is 88.2 cm³/mol. The lowest BCUT2D eigenvalue weighted by Gasteiger charge is -2.10. The molecule has 3 rings (SSSR count). The first-order chi connectivity index (χ1) is 12.5. The Hall–Kier alpha value is -2.96. The first-order valence-corrected chi connectivity index (χ1v) is 7.92. The van der Waals surface area contributed by atoms with Gasteiger partial charge in [0.25, 0.3) is 0 Å². The average Bonchev–Trinajstić information content (AvgIpc) is 3.13. The lowest BCUT2D eigenvalue weighted by molar-refractivity contribution is -0.137. The molecule has 0 aliphatic heterocycles. The summed E-state index contributed by atoms with van der Waals surface area (Å²) in [5.41, 5.74) is 1.22. The summed E-state index contributed by atoms with van der Waals surface area (Å²) in [6, 6.07) is 13.9. The lowest BCUT2D eigenvalue weighted by atomic mass is 10.1. The molecule has 0 aliphatic carbocycles. The van der Waals surface area contributed by atoms with E-state index in [1.165, 1.54) is 18.4 Å². The van der Waals surface area contributed by atoms with Gasteiger partial charge in [0.2, 0.25) is 0 Å². The molecule has 0 radical (unpaired) electrons. The molecule has 1 heterocycles. The fourth-order valence-corrected chi connectivity index (χ4v) is 2.30. The van der Waals surface area contributed by atoms with Crippen molar-refractivity contribution in [2.24, 2.45) is 0 Å². The molecule has 26 heavy (non-hydrogen) atoms. The summed E-state index contributed by atoms with van der Waals surface area (Å²) in [5, 5.41) is 3.86. The Labute approximate surface area is 148 Å². The molecule has 3 aromatic rings. The maximum Gasteiger partial charge on any atom is 0.416 e. The second-order valence-electron chi connectivity index (χ2n) is 5.53. The van der Waals surface area contributed by atoms with Gasteiger partial charge in [-0.25, -0.2) is 0 Å². The van der Waals surface area contributed by atoms with Gasteiger partial charge >= 0.3 is 6.18 Å². The monoisotopic (exact) mass is 363 g/mol. The Morgan fingerprint density at radius 3 is 1.88 bits per heavy atom. The minimum Gasteiger partial charge on any atom is -0.490 e. The summed E-state index contributed by atoms with van der Waals surface area (Å²) >= 11 is 0. The summed E-state index contributed by atoms with van der Waals surface area (Å²) in [6.45, 7) is 0.510. The van der Waals surface area contributed by atoms with Crippen molar-refractivity contribution < 1.29 is 27.2 Å². The van der Waals surface area contributed by atoms with Gasteiger partial charge in [0.1, 0.15) is 31.0 Å². The molecule has 136 valence electrons. The van der Waals surface area contributed by atoms with Crippen LogP contribution >= 0.6 is 0 Å². The number of benzene rings is 2. The van der Waals surface area contributed by atoms with E-state index in [4.69, 9.17) is 14.0 Å². The third-order valence-corrected chi connectivity index (χ3v) is 3.60. The van der Waals surface area contributed by atoms with Crippen molar-refractivity contribution in [1.82, 2.24) is 5.16 Å². The Bertz CT molecular complexity index is 798. The van der Waals surface area contributed by atoms with Crippen molar-refractivity contribution in [2.75, 3.05) is 13.2 Å². The summed E-state index contributed by atoms with van der Waals surface area (Å²) in [6.07, 6.45) is -2.14. The molecule has 0 bridgehead atoms. The Kier molecular flexibility index (Phi) is 5.46. The van der Waals surface area contributed by atoms with Gasteiger partial charge in [0.05, 0.1) is 11.3 Å². The van der Waals surface area contributed by atoms with E-state index in [0.29, 0.717) is 17.9 Å².